The molecule has 0 aliphatic carbocycles. The molecule has 1 amide bonds. The number of anilines is 1. The Labute approximate surface area is 160 Å². The number of hydrogen-bond donors (Lipinski definition) is 0. The van der Waals surface area contributed by atoms with Crippen molar-refractivity contribution in [2.75, 3.05) is 32.1 Å². The van der Waals surface area contributed by atoms with Gasteiger partial charge in [-0.25, -0.2) is 9.37 Å². The third-order valence-corrected chi connectivity index (χ3v) is 5.35. The summed E-state index contributed by atoms with van der Waals surface area (Å²) in [6.45, 7) is 1.19. The standard InChI is InChI=1S/C19H19ClFN3OS/c1-23(2)9-10-24(18(25)11-13-5-3-4-6-15(13)20)19-22-16-8-7-14(21)12-17(16)26-19/h3-8,12H,9-11H2,1-2H3. The summed E-state index contributed by atoms with van der Waals surface area (Å²) in [5, 5.41) is 1.14. The Kier molecular flexibility index (Phi) is 5.86. The first-order valence-electron chi connectivity index (χ1n) is 8.18. The largest absolute Gasteiger partial charge is 0.308 e. The second-order valence-electron chi connectivity index (χ2n) is 6.23. The minimum Gasteiger partial charge on any atom is -0.308 e. The second-order valence-corrected chi connectivity index (χ2v) is 7.64. The molecule has 0 unspecified atom stereocenters. The summed E-state index contributed by atoms with van der Waals surface area (Å²) < 4.78 is 14.2. The molecule has 0 radical (unpaired) electrons. The first-order valence-corrected chi connectivity index (χ1v) is 9.38. The number of aromatic nitrogens is 1. The Hall–Kier alpha value is -2.02. The van der Waals surface area contributed by atoms with Gasteiger partial charge < -0.3 is 4.90 Å². The van der Waals surface area contributed by atoms with Crippen LogP contribution in [0.5, 0.6) is 0 Å². The number of carbonyl (C=O) groups is 1. The van der Waals surface area contributed by atoms with E-state index in [1.165, 1.54) is 23.5 Å². The lowest BCUT2D eigenvalue weighted by Crippen LogP contribution is -2.37. The zero-order valence-corrected chi connectivity index (χ0v) is 16.1. The molecule has 136 valence electrons. The zero-order chi connectivity index (χ0) is 18.7. The van der Waals surface area contributed by atoms with Gasteiger partial charge in [-0.15, -0.1) is 0 Å². The summed E-state index contributed by atoms with van der Waals surface area (Å²) in [5.41, 5.74) is 1.47. The average molecular weight is 392 g/mol. The van der Waals surface area contributed by atoms with Gasteiger partial charge in [0.15, 0.2) is 5.13 Å². The molecule has 0 spiro atoms. The Bertz CT molecular complexity index is 928. The number of halogens is 2. The number of fused-ring (bicyclic) bond motifs is 1. The topological polar surface area (TPSA) is 36.4 Å². The van der Waals surface area contributed by atoms with Crippen LogP contribution in [0.3, 0.4) is 0 Å². The maximum atomic E-state index is 13.5. The molecule has 1 heterocycles. The summed E-state index contributed by atoms with van der Waals surface area (Å²) in [6.07, 6.45) is 0.192. The lowest BCUT2D eigenvalue weighted by molar-refractivity contribution is -0.118. The minimum absolute atomic E-state index is 0.0838. The summed E-state index contributed by atoms with van der Waals surface area (Å²) in [5.74, 6) is -0.394. The van der Waals surface area contributed by atoms with Crippen LogP contribution in [0, 0.1) is 5.82 Å². The van der Waals surface area contributed by atoms with Gasteiger partial charge in [0.1, 0.15) is 5.82 Å². The van der Waals surface area contributed by atoms with E-state index < -0.39 is 0 Å². The smallest absolute Gasteiger partial charge is 0.233 e. The third-order valence-electron chi connectivity index (χ3n) is 3.94. The van der Waals surface area contributed by atoms with E-state index in [1.807, 2.05) is 37.2 Å². The molecule has 0 aliphatic rings. The monoisotopic (exact) mass is 391 g/mol. The fourth-order valence-electron chi connectivity index (χ4n) is 2.53. The van der Waals surface area contributed by atoms with Crippen LogP contribution in [0.15, 0.2) is 42.5 Å². The van der Waals surface area contributed by atoms with Crippen molar-refractivity contribution in [2.45, 2.75) is 6.42 Å². The molecule has 1 aromatic heterocycles. The van der Waals surface area contributed by atoms with E-state index >= 15 is 0 Å². The normalized spacial score (nSPS) is 11.3. The van der Waals surface area contributed by atoms with Crippen LogP contribution in [0.4, 0.5) is 9.52 Å². The van der Waals surface area contributed by atoms with Gasteiger partial charge in [-0.1, -0.05) is 41.1 Å². The van der Waals surface area contributed by atoms with Gasteiger partial charge in [0.2, 0.25) is 5.91 Å². The van der Waals surface area contributed by atoms with Crippen LogP contribution < -0.4 is 4.90 Å². The molecule has 3 rings (SSSR count). The Morgan fingerprint density at radius 1 is 1.19 bits per heavy atom. The molecule has 0 aliphatic heterocycles. The molecule has 0 bridgehead atoms. The van der Waals surface area contributed by atoms with Crippen molar-refractivity contribution in [1.29, 1.82) is 0 Å². The van der Waals surface area contributed by atoms with Crippen molar-refractivity contribution >= 4 is 44.2 Å². The van der Waals surface area contributed by atoms with Gasteiger partial charge in [-0.3, -0.25) is 9.69 Å². The van der Waals surface area contributed by atoms with E-state index in [1.54, 1.807) is 17.0 Å². The Morgan fingerprint density at radius 2 is 1.96 bits per heavy atom. The maximum Gasteiger partial charge on any atom is 0.233 e. The van der Waals surface area contributed by atoms with E-state index in [-0.39, 0.29) is 18.1 Å². The van der Waals surface area contributed by atoms with E-state index in [4.69, 9.17) is 11.6 Å². The second kappa shape index (κ2) is 8.12. The van der Waals surface area contributed by atoms with Gasteiger partial charge in [0.05, 0.1) is 16.6 Å². The van der Waals surface area contributed by atoms with Crippen LogP contribution in [0.1, 0.15) is 5.56 Å². The predicted molar refractivity (Wildman–Crippen MR) is 106 cm³/mol. The van der Waals surface area contributed by atoms with Crippen molar-refractivity contribution in [1.82, 2.24) is 9.88 Å². The number of rotatable bonds is 6. The van der Waals surface area contributed by atoms with Crippen LogP contribution in [-0.2, 0) is 11.2 Å². The summed E-state index contributed by atoms with van der Waals surface area (Å²) >= 11 is 7.51. The molecule has 0 saturated carbocycles. The van der Waals surface area contributed by atoms with E-state index in [0.717, 1.165) is 10.3 Å². The highest BCUT2D eigenvalue weighted by atomic mass is 35.5. The lowest BCUT2D eigenvalue weighted by atomic mass is 10.1. The van der Waals surface area contributed by atoms with Crippen molar-refractivity contribution in [3.8, 4) is 0 Å². The zero-order valence-electron chi connectivity index (χ0n) is 14.6. The van der Waals surface area contributed by atoms with Crippen molar-refractivity contribution < 1.29 is 9.18 Å². The number of hydrogen-bond acceptors (Lipinski definition) is 4. The summed E-state index contributed by atoms with van der Waals surface area (Å²) in [6, 6.07) is 11.8. The van der Waals surface area contributed by atoms with E-state index in [0.29, 0.717) is 28.8 Å². The molecule has 26 heavy (non-hydrogen) atoms. The number of nitrogens with zero attached hydrogens (tertiary/aromatic N) is 3. The highest BCUT2D eigenvalue weighted by Gasteiger charge is 2.21. The Morgan fingerprint density at radius 3 is 2.69 bits per heavy atom. The summed E-state index contributed by atoms with van der Waals surface area (Å²) in [4.78, 5) is 21.1. The number of benzene rings is 2. The van der Waals surface area contributed by atoms with Crippen molar-refractivity contribution in [3.05, 3.63) is 58.9 Å². The van der Waals surface area contributed by atoms with E-state index in [2.05, 4.69) is 4.98 Å². The third kappa shape index (κ3) is 4.38. The fourth-order valence-corrected chi connectivity index (χ4v) is 3.77. The molecule has 3 aromatic rings. The van der Waals surface area contributed by atoms with Gasteiger partial charge in [0.25, 0.3) is 0 Å². The molecule has 2 aromatic carbocycles. The molecular weight excluding hydrogens is 373 g/mol. The van der Waals surface area contributed by atoms with E-state index in [9.17, 15) is 9.18 Å². The van der Waals surface area contributed by atoms with Gasteiger partial charge in [-0.05, 0) is 43.9 Å². The Balaban J connectivity index is 1.90. The minimum atomic E-state index is -0.310. The van der Waals surface area contributed by atoms with Crippen LogP contribution in [-0.4, -0.2) is 43.0 Å². The molecule has 4 nitrogen and oxygen atoms in total. The van der Waals surface area contributed by atoms with Crippen LogP contribution in [0.25, 0.3) is 10.2 Å². The first kappa shape index (κ1) is 18.8. The molecular formula is C19H19ClFN3OS. The fraction of sp³-hybridized carbons (Fsp3) is 0.263. The highest BCUT2D eigenvalue weighted by molar-refractivity contribution is 7.22. The summed E-state index contributed by atoms with van der Waals surface area (Å²) in [7, 11) is 3.90. The molecule has 0 fully saturated rings. The molecule has 0 atom stereocenters. The lowest BCUT2D eigenvalue weighted by Gasteiger charge is -2.22. The van der Waals surface area contributed by atoms with Crippen LogP contribution >= 0.6 is 22.9 Å². The average Bonchev–Trinajstić information content (AvgIpc) is 2.99. The SMILES string of the molecule is CN(C)CCN(C(=O)Cc1ccccc1Cl)c1nc2ccc(F)cc2s1. The van der Waals surface area contributed by atoms with Crippen molar-refractivity contribution in [2.24, 2.45) is 0 Å². The molecule has 7 heteroatoms. The number of likely N-dealkylation sites (N-methyl/N-ethyl adjacent to an activating group) is 1. The van der Waals surface area contributed by atoms with Crippen LogP contribution in [0.2, 0.25) is 5.02 Å². The van der Waals surface area contributed by atoms with Gasteiger partial charge in [-0.2, -0.15) is 0 Å². The highest BCUT2D eigenvalue weighted by Crippen LogP contribution is 2.30. The van der Waals surface area contributed by atoms with Gasteiger partial charge >= 0.3 is 0 Å². The first-order chi connectivity index (χ1) is 12.4. The molecule has 0 saturated heterocycles. The quantitative estimate of drug-likeness (QED) is 0.631. The number of thiazole rings is 1. The number of amides is 1. The molecule has 0 N–H and O–H groups in total. The van der Waals surface area contributed by atoms with Crippen molar-refractivity contribution in [3.63, 3.8) is 0 Å². The predicted octanol–water partition coefficient (Wildman–Crippen LogP) is 4.23. The van der Waals surface area contributed by atoms with Gasteiger partial charge in [0, 0.05) is 18.1 Å². The maximum absolute atomic E-state index is 13.5. The number of carbonyl (C=O) groups excluding carboxylic acids is 1.